The smallest absolute Gasteiger partial charge is 0.253 e. The third kappa shape index (κ3) is 1.77. The topological polar surface area (TPSA) is 34.1 Å². The summed E-state index contributed by atoms with van der Waals surface area (Å²) in [5.41, 5.74) is 2.17. The predicted octanol–water partition coefficient (Wildman–Crippen LogP) is 2.74. The van der Waals surface area contributed by atoms with Crippen LogP contribution < -0.4 is 0 Å². The van der Waals surface area contributed by atoms with Crippen molar-refractivity contribution in [3.8, 4) is 0 Å². The third-order valence-electron chi connectivity index (χ3n) is 1.70. The zero-order valence-corrected chi connectivity index (χ0v) is 7.89. The summed E-state index contributed by atoms with van der Waals surface area (Å²) in [6.45, 7) is 3.79. The number of carbonyl (C=O) groups excluding carboxylic acids is 1. The van der Waals surface area contributed by atoms with Gasteiger partial charge in [-0.2, -0.15) is 0 Å². The van der Waals surface area contributed by atoms with Gasteiger partial charge >= 0.3 is 0 Å². The molecular formula is C9H9O2P. The Labute approximate surface area is 72.8 Å². The van der Waals surface area contributed by atoms with Gasteiger partial charge in [0.1, 0.15) is 0 Å². The van der Waals surface area contributed by atoms with Gasteiger partial charge in [0.25, 0.3) is 5.52 Å². The molecule has 0 aliphatic heterocycles. The largest absolute Gasteiger partial charge is 0.280 e. The zero-order valence-electron chi connectivity index (χ0n) is 7.00. The van der Waals surface area contributed by atoms with Gasteiger partial charge in [0.15, 0.2) is 0 Å². The van der Waals surface area contributed by atoms with Gasteiger partial charge in [0.2, 0.25) is 8.46 Å². The molecule has 1 aromatic rings. The van der Waals surface area contributed by atoms with E-state index in [1.54, 1.807) is 6.07 Å². The monoisotopic (exact) mass is 180 g/mol. The lowest BCUT2D eigenvalue weighted by Crippen LogP contribution is -1.93. The van der Waals surface area contributed by atoms with Crippen molar-refractivity contribution >= 4 is 14.0 Å². The van der Waals surface area contributed by atoms with Crippen LogP contribution in [-0.2, 0) is 4.57 Å². The molecule has 0 aliphatic carbocycles. The average Bonchev–Trinajstić information content (AvgIpc) is 2.03. The van der Waals surface area contributed by atoms with Crippen molar-refractivity contribution in [2.75, 3.05) is 0 Å². The third-order valence-corrected chi connectivity index (χ3v) is 2.10. The molecule has 0 atom stereocenters. The molecule has 0 saturated heterocycles. The Kier molecular flexibility index (Phi) is 2.72. The van der Waals surface area contributed by atoms with E-state index in [0.717, 1.165) is 11.1 Å². The van der Waals surface area contributed by atoms with E-state index >= 15 is 0 Å². The maximum atomic E-state index is 11.0. The molecule has 0 amide bonds. The summed E-state index contributed by atoms with van der Waals surface area (Å²) >= 11 is 0. The fraction of sp³-hybridized carbons (Fsp3) is 0.222. The molecule has 0 unspecified atom stereocenters. The molecule has 2 nitrogen and oxygen atoms in total. The molecule has 1 aromatic carbocycles. The summed E-state index contributed by atoms with van der Waals surface area (Å²) in [4.78, 5) is 11.0. The van der Waals surface area contributed by atoms with E-state index in [9.17, 15) is 9.36 Å². The maximum Gasteiger partial charge on any atom is 0.253 e. The normalized spacial score (nSPS) is 10.2. The van der Waals surface area contributed by atoms with Crippen LogP contribution in [0, 0.1) is 13.8 Å². The highest BCUT2D eigenvalue weighted by Gasteiger charge is 2.07. The van der Waals surface area contributed by atoms with Crippen LogP contribution >= 0.6 is 8.46 Å². The van der Waals surface area contributed by atoms with E-state index in [4.69, 9.17) is 0 Å². The molecule has 0 radical (unpaired) electrons. The summed E-state index contributed by atoms with van der Waals surface area (Å²) in [7, 11) is -0.439. The minimum atomic E-state index is -0.439. The predicted molar refractivity (Wildman–Crippen MR) is 47.9 cm³/mol. The SMILES string of the molecule is Cc1ccc(C(=O)P=O)c(C)c1. The highest BCUT2D eigenvalue weighted by molar-refractivity contribution is 7.47. The van der Waals surface area contributed by atoms with Crippen molar-refractivity contribution in [2.45, 2.75) is 13.8 Å². The number of aryl methyl sites for hydroxylation is 2. The lowest BCUT2D eigenvalue weighted by molar-refractivity contribution is 0.108. The second-order valence-corrected chi connectivity index (χ2v) is 3.30. The summed E-state index contributed by atoms with van der Waals surface area (Å²) in [5, 5.41) is 0. The zero-order chi connectivity index (χ0) is 9.14. The van der Waals surface area contributed by atoms with Crippen molar-refractivity contribution in [1.29, 1.82) is 0 Å². The van der Waals surface area contributed by atoms with Gasteiger partial charge in [0, 0.05) is 5.56 Å². The van der Waals surface area contributed by atoms with Crippen LogP contribution in [-0.4, -0.2) is 5.52 Å². The first kappa shape index (κ1) is 9.08. The van der Waals surface area contributed by atoms with Crippen LogP contribution in [0.4, 0.5) is 0 Å². The van der Waals surface area contributed by atoms with Gasteiger partial charge in [-0.3, -0.25) is 9.36 Å². The van der Waals surface area contributed by atoms with Crippen LogP contribution in [0.25, 0.3) is 0 Å². The highest BCUT2D eigenvalue weighted by atomic mass is 31.1. The summed E-state index contributed by atoms with van der Waals surface area (Å²) < 4.78 is 10.3. The molecule has 0 aliphatic rings. The summed E-state index contributed by atoms with van der Waals surface area (Å²) in [6, 6.07) is 5.45. The minimum absolute atomic E-state index is 0.354. The second-order valence-electron chi connectivity index (χ2n) is 2.71. The van der Waals surface area contributed by atoms with Gasteiger partial charge in [0.05, 0.1) is 0 Å². The van der Waals surface area contributed by atoms with Crippen LogP contribution in [0.15, 0.2) is 18.2 Å². The molecule has 12 heavy (non-hydrogen) atoms. The maximum absolute atomic E-state index is 11.0. The first-order valence-electron chi connectivity index (χ1n) is 3.60. The van der Waals surface area contributed by atoms with Gasteiger partial charge in [-0.05, 0) is 19.4 Å². The molecule has 0 bridgehead atoms. The molecule has 0 aromatic heterocycles. The summed E-state index contributed by atoms with van der Waals surface area (Å²) in [6.07, 6.45) is 0. The Morgan fingerprint density at radius 3 is 2.50 bits per heavy atom. The standard InChI is InChI=1S/C9H9O2P/c1-6-3-4-8(7(2)5-6)9(10)12-11/h3-5H,1-2H3. The van der Waals surface area contributed by atoms with Gasteiger partial charge < -0.3 is 0 Å². The molecule has 0 N–H and O–H groups in total. The van der Waals surface area contributed by atoms with Crippen LogP contribution in [0.2, 0.25) is 0 Å². The first-order chi connectivity index (χ1) is 5.65. The first-order valence-corrected chi connectivity index (χ1v) is 4.41. The quantitative estimate of drug-likeness (QED) is 0.655. The highest BCUT2D eigenvalue weighted by Crippen LogP contribution is 2.15. The molecule has 0 heterocycles. The number of hydrogen-bond acceptors (Lipinski definition) is 2. The van der Waals surface area contributed by atoms with E-state index < -0.39 is 8.46 Å². The molecular weight excluding hydrogens is 171 g/mol. The Morgan fingerprint density at radius 1 is 1.33 bits per heavy atom. The van der Waals surface area contributed by atoms with Crippen molar-refractivity contribution < 1.29 is 9.36 Å². The Bertz CT molecular complexity index is 331. The van der Waals surface area contributed by atoms with Gasteiger partial charge in [-0.15, -0.1) is 0 Å². The average molecular weight is 180 g/mol. The van der Waals surface area contributed by atoms with Gasteiger partial charge in [-0.1, -0.05) is 23.8 Å². The van der Waals surface area contributed by atoms with Crippen molar-refractivity contribution in [1.82, 2.24) is 0 Å². The molecule has 62 valence electrons. The van der Waals surface area contributed by atoms with Gasteiger partial charge in [-0.25, -0.2) is 0 Å². The van der Waals surface area contributed by atoms with Crippen LogP contribution in [0.3, 0.4) is 0 Å². The van der Waals surface area contributed by atoms with E-state index in [-0.39, 0.29) is 5.52 Å². The molecule has 1 rings (SSSR count). The van der Waals surface area contributed by atoms with E-state index in [1.807, 2.05) is 26.0 Å². The number of rotatable bonds is 2. The summed E-state index contributed by atoms with van der Waals surface area (Å²) in [5.74, 6) is 0. The fourth-order valence-corrected chi connectivity index (χ4v) is 1.45. The van der Waals surface area contributed by atoms with E-state index in [1.165, 1.54) is 0 Å². The van der Waals surface area contributed by atoms with E-state index in [2.05, 4.69) is 0 Å². The van der Waals surface area contributed by atoms with Crippen molar-refractivity contribution in [2.24, 2.45) is 0 Å². The second kappa shape index (κ2) is 3.59. The lowest BCUT2D eigenvalue weighted by Gasteiger charge is -2.00. The molecule has 3 heteroatoms. The molecule has 0 saturated carbocycles. The molecule has 0 fully saturated rings. The van der Waals surface area contributed by atoms with Crippen LogP contribution in [0.5, 0.6) is 0 Å². The lowest BCUT2D eigenvalue weighted by atomic mass is 10.1. The van der Waals surface area contributed by atoms with E-state index in [0.29, 0.717) is 5.56 Å². The Hall–Kier alpha value is -1.01. The van der Waals surface area contributed by atoms with Crippen LogP contribution in [0.1, 0.15) is 21.5 Å². The molecule has 0 spiro atoms. The van der Waals surface area contributed by atoms with Crippen molar-refractivity contribution in [3.05, 3.63) is 34.9 Å². The number of hydrogen-bond donors (Lipinski definition) is 0. The number of carbonyl (C=O) groups is 1. The minimum Gasteiger partial charge on any atom is -0.280 e. The van der Waals surface area contributed by atoms with Crippen molar-refractivity contribution in [3.63, 3.8) is 0 Å². The fourth-order valence-electron chi connectivity index (χ4n) is 1.10. The Morgan fingerprint density at radius 2 is 2.00 bits per heavy atom. The number of benzene rings is 1. The Balaban J connectivity index is 3.18.